The quantitative estimate of drug-likeness (QED) is 0.498. The maximum Gasteiger partial charge on any atom is 0.229 e. The standard InChI is InChI=1S/C22H23ClN2O2S/c1-16(2)25(13-17-6-4-3-5-7-17)22(26)12-19-15-28-21(24-19)14-27-20-10-8-18(23)9-11-20/h3-11,15-16H,12-14H2,1-2H3. The molecule has 0 aliphatic heterocycles. The number of aromatic nitrogens is 1. The second kappa shape index (κ2) is 9.71. The summed E-state index contributed by atoms with van der Waals surface area (Å²) < 4.78 is 5.72. The summed E-state index contributed by atoms with van der Waals surface area (Å²) in [4.78, 5) is 19.3. The van der Waals surface area contributed by atoms with Crippen LogP contribution in [0.25, 0.3) is 0 Å². The first-order valence-electron chi connectivity index (χ1n) is 9.16. The van der Waals surface area contributed by atoms with E-state index in [2.05, 4.69) is 4.98 Å². The zero-order chi connectivity index (χ0) is 19.9. The van der Waals surface area contributed by atoms with E-state index in [0.717, 1.165) is 22.0 Å². The SMILES string of the molecule is CC(C)N(Cc1ccccc1)C(=O)Cc1csc(COc2ccc(Cl)cc2)n1. The van der Waals surface area contributed by atoms with Crippen molar-refractivity contribution in [1.29, 1.82) is 0 Å². The Morgan fingerprint density at radius 3 is 2.54 bits per heavy atom. The summed E-state index contributed by atoms with van der Waals surface area (Å²) in [5, 5.41) is 3.45. The largest absolute Gasteiger partial charge is 0.486 e. The van der Waals surface area contributed by atoms with Crippen molar-refractivity contribution in [3.05, 3.63) is 81.3 Å². The van der Waals surface area contributed by atoms with E-state index in [-0.39, 0.29) is 11.9 Å². The minimum atomic E-state index is 0.0781. The number of hydrogen-bond acceptors (Lipinski definition) is 4. The van der Waals surface area contributed by atoms with E-state index < -0.39 is 0 Å². The monoisotopic (exact) mass is 414 g/mol. The molecule has 0 fully saturated rings. The highest BCUT2D eigenvalue weighted by Crippen LogP contribution is 2.19. The minimum absolute atomic E-state index is 0.0781. The van der Waals surface area contributed by atoms with Gasteiger partial charge in [0.05, 0.1) is 12.1 Å². The van der Waals surface area contributed by atoms with Gasteiger partial charge >= 0.3 is 0 Å². The van der Waals surface area contributed by atoms with Crippen LogP contribution in [0.3, 0.4) is 0 Å². The first kappa shape index (κ1) is 20.4. The number of carbonyl (C=O) groups excluding carboxylic acids is 1. The molecule has 0 saturated carbocycles. The maximum atomic E-state index is 12.8. The Balaban J connectivity index is 1.57. The smallest absolute Gasteiger partial charge is 0.229 e. The van der Waals surface area contributed by atoms with Crippen LogP contribution in [0.1, 0.15) is 30.1 Å². The molecule has 0 bridgehead atoms. The van der Waals surface area contributed by atoms with E-state index in [1.807, 2.05) is 66.6 Å². The van der Waals surface area contributed by atoms with Crippen molar-refractivity contribution < 1.29 is 9.53 Å². The molecule has 0 spiro atoms. The molecule has 0 saturated heterocycles. The van der Waals surface area contributed by atoms with Gasteiger partial charge in [0.1, 0.15) is 17.4 Å². The molecule has 2 aromatic carbocycles. The lowest BCUT2D eigenvalue weighted by molar-refractivity contribution is -0.132. The molecule has 4 nitrogen and oxygen atoms in total. The molecule has 1 aromatic heterocycles. The molecular weight excluding hydrogens is 392 g/mol. The highest BCUT2D eigenvalue weighted by molar-refractivity contribution is 7.09. The van der Waals surface area contributed by atoms with E-state index >= 15 is 0 Å². The van der Waals surface area contributed by atoms with Crippen molar-refractivity contribution in [2.75, 3.05) is 0 Å². The van der Waals surface area contributed by atoms with Gasteiger partial charge in [-0.05, 0) is 43.7 Å². The van der Waals surface area contributed by atoms with Crippen LogP contribution in [-0.2, 0) is 24.4 Å². The second-order valence-corrected chi connectivity index (χ2v) is 8.13. The Bertz CT molecular complexity index is 894. The molecule has 146 valence electrons. The molecule has 1 heterocycles. The molecule has 0 N–H and O–H groups in total. The van der Waals surface area contributed by atoms with Crippen LogP contribution in [0.15, 0.2) is 60.0 Å². The van der Waals surface area contributed by atoms with Crippen LogP contribution < -0.4 is 4.74 Å². The maximum absolute atomic E-state index is 12.8. The highest BCUT2D eigenvalue weighted by atomic mass is 35.5. The van der Waals surface area contributed by atoms with Crippen LogP contribution in [0.4, 0.5) is 0 Å². The van der Waals surface area contributed by atoms with Crippen LogP contribution in [0.5, 0.6) is 5.75 Å². The molecule has 6 heteroatoms. The van der Waals surface area contributed by atoms with Gasteiger partial charge in [-0.1, -0.05) is 41.9 Å². The summed E-state index contributed by atoms with van der Waals surface area (Å²) >= 11 is 7.38. The van der Waals surface area contributed by atoms with E-state index in [0.29, 0.717) is 24.6 Å². The Morgan fingerprint density at radius 2 is 1.86 bits per heavy atom. The van der Waals surface area contributed by atoms with Crippen LogP contribution in [0.2, 0.25) is 5.02 Å². The third-order valence-corrected chi connectivity index (χ3v) is 5.37. The number of nitrogens with zero attached hydrogens (tertiary/aromatic N) is 2. The second-order valence-electron chi connectivity index (χ2n) is 6.75. The average Bonchev–Trinajstić information content (AvgIpc) is 3.13. The predicted octanol–water partition coefficient (Wildman–Crippen LogP) is 5.36. The van der Waals surface area contributed by atoms with E-state index in [1.54, 1.807) is 12.1 Å². The first-order valence-corrected chi connectivity index (χ1v) is 10.4. The van der Waals surface area contributed by atoms with Crippen LogP contribution >= 0.6 is 22.9 Å². The number of carbonyl (C=O) groups is 1. The van der Waals surface area contributed by atoms with Crippen molar-refractivity contribution in [2.24, 2.45) is 0 Å². The van der Waals surface area contributed by atoms with Gasteiger partial charge in [-0.2, -0.15) is 0 Å². The zero-order valence-corrected chi connectivity index (χ0v) is 17.5. The topological polar surface area (TPSA) is 42.4 Å². The molecule has 0 aliphatic rings. The van der Waals surface area contributed by atoms with Crippen molar-refractivity contribution in [3.8, 4) is 5.75 Å². The minimum Gasteiger partial charge on any atom is -0.486 e. The Morgan fingerprint density at radius 1 is 1.14 bits per heavy atom. The summed E-state index contributed by atoms with van der Waals surface area (Å²) in [6.07, 6.45) is 0.294. The Kier molecular flexibility index (Phi) is 7.06. The number of rotatable bonds is 8. The zero-order valence-electron chi connectivity index (χ0n) is 16.0. The lowest BCUT2D eigenvalue weighted by atomic mass is 10.1. The van der Waals surface area contributed by atoms with Crippen molar-refractivity contribution in [3.63, 3.8) is 0 Å². The third-order valence-electron chi connectivity index (χ3n) is 4.25. The molecule has 3 rings (SSSR count). The van der Waals surface area contributed by atoms with Crippen molar-refractivity contribution in [1.82, 2.24) is 9.88 Å². The van der Waals surface area contributed by atoms with Gasteiger partial charge in [0.25, 0.3) is 0 Å². The van der Waals surface area contributed by atoms with E-state index in [1.165, 1.54) is 11.3 Å². The normalized spacial score (nSPS) is 10.9. The van der Waals surface area contributed by atoms with Crippen LogP contribution in [-0.4, -0.2) is 21.8 Å². The summed E-state index contributed by atoms with van der Waals surface area (Å²) in [5.74, 6) is 0.820. The fourth-order valence-electron chi connectivity index (χ4n) is 2.77. The van der Waals surface area contributed by atoms with Gasteiger partial charge in [-0.25, -0.2) is 4.98 Å². The molecule has 0 radical (unpaired) electrons. The lowest BCUT2D eigenvalue weighted by Crippen LogP contribution is -2.37. The Labute approximate surface area is 174 Å². The van der Waals surface area contributed by atoms with Gasteiger partial charge in [-0.15, -0.1) is 11.3 Å². The summed E-state index contributed by atoms with van der Waals surface area (Å²) in [7, 11) is 0. The number of hydrogen-bond donors (Lipinski definition) is 0. The molecule has 0 atom stereocenters. The average molecular weight is 415 g/mol. The number of amides is 1. The lowest BCUT2D eigenvalue weighted by Gasteiger charge is -2.26. The van der Waals surface area contributed by atoms with Crippen molar-refractivity contribution >= 4 is 28.8 Å². The van der Waals surface area contributed by atoms with Gasteiger partial charge in [0.2, 0.25) is 5.91 Å². The predicted molar refractivity (Wildman–Crippen MR) is 114 cm³/mol. The summed E-state index contributed by atoms with van der Waals surface area (Å²) in [6.45, 7) is 5.05. The number of ether oxygens (including phenoxy) is 1. The Hall–Kier alpha value is -2.37. The number of benzene rings is 2. The molecule has 0 aliphatic carbocycles. The van der Waals surface area contributed by atoms with Crippen LogP contribution in [0, 0.1) is 0 Å². The number of halogens is 1. The molecule has 3 aromatic rings. The third kappa shape index (κ3) is 5.81. The molecule has 28 heavy (non-hydrogen) atoms. The van der Waals surface area contributed by atoms with E-state index in [4.69, 9.17) is 16.3 Å². The van der Waals surface area contributed by atoms with E-state index in [9.17, 15) is 4.79 Å². The first-order chi connectivity index (χ1) is 13.5. The van der Waals surface area contributed by atoms with Crippen molar-refractivity contribution in [2.45, 2.75) is 39.5 Å². The molecular formula is C22H23ClN2O2S. The van der Waals surface area contributed by atoms with Gasteiger partial charge in [-0.3, -0.25) is 4.79 Å². The van der Waals surface area contributed by atoms with Gasteiger partial charge in [0, 0.05) is 23.0 Å². The fraction of sp³-hybridized carbons (Fsp3) is 0.273. The number of thiazole rings is 1. The summed E-state index contributed by atoms with van der Waals surface area (Å²) in [5.41, 5.74) is 1.91. The molecule has 1 amide bonds. The van der Waals surface area contributed by atoms with Gasteiger partial charge in [0.15, 0.2) is 0 Å². The highest BCUT2D eigenvalue weighted by Gasteiger charge is 2.19. The fourth-order valence-corrected chi connectivity index (χ4v) is 3.60. The molecule has 0 unspecified atom stereocenters. The van der Waals surface area contributed by atoms with Gasteiger partial charge < -0.3 is 9.64 Å². The summed E-state index contributed by atoms with van der Waals surface area (Å²) in [6, 6.07) is 17.4.